The number of rotatable bonds is 1. The fourth-order valence-corrected chi connectivity index (χ4v) is 2.07. The summed E-state index contributed by atoms with van der Waals surface area (Å²) in [6.07, 6.45) is 1.61. The molecule has 0 unspecified atom stereocenters. The number of hydrogen-bond acceptors (Lipinski definition) is 3. The quantitative estimate of drug-likeness (QED) is 0.865. The van der Waals surface area contributed by atoms with Crippen LogP contribution in [0.15, 0.2) is 41.4 Å². The van der Waals surface area contributed by atoms with E-state index >= 15 is 0 Å². The fourth-order valence-electron chi connectivity index (χ4n) is 1.32. The third kappa shape index (κ3) is 2.82. The van der Waals surface area contributed by atoms with E-state index < -0.39 is 10.0 Å². The molecule has 0 aliphatic rings. The van der Waals surface area contributed by atoms with Crippen LogP contribution in [-0.2, 0) is 10.0 Å². The molecule has 0 aliphatic heterocycles. The molecule has 0 bridgehead atoms. The normalized spacial score (nSPS) is 10.3. The van der Waals surface area contributed by atoms with Crippen molar-refractivity contribution in [3.63, 3.8) is 0 Å². The summed E-state index contributed by atoms with van der Waals surface area (Å²) in [4.78, 5) is 4.15. The number of benzene rings is 1. The molecule has 1 aromatic heterocycles. The van der Waals surface area contributed by atoms with E-state index in [0.29, 0.717) is 10.9 Å². The summed E-state index contributed by atoms with van der Waals surface area (Å²) in [5, 5.41) is 5.62. The molecule has 0 spiro atoms. The lowest BCUT2D eigenvalue weighted by atomic mass is 10.2. The molecule has 1 heterocycles. The Balaban J connectivity index is 0.00000112. The van der Waals surface area contributed by atoms with Gasteiger partial charge in [-0.2, -0.15) is 0 Å². The number of sulfonamides is 1. The molecule has 0 saturated heterocycles. The molecule has 2 aromatic rings. The van der Waals surface area contributed by atoms with E-state index in [1.165, 1.54) is 6.07 Å². The Morgan fingerprint density at radius 3 is 2.38 bits per heavy atom. The Kier molecular flexibility index (Phi) is 5.15. The number of hydrogen-bond donors (Lipinski definition) is 1. The van der Waals surface area contributed by atoms with Crippen LogP contribution in [0.5, 0.6) is 0 Å². The zero-order chi connectivity index (χ0) is 10.2. The van der Waals surface area contributed by atoms with Gasteiger partial charge in [0.25, 0.3) is 0 Å². The lowest BCUT2D eigenvalue weighted by Gasteiger charge is -2.02. The van der Waals surface area contributed by atoms with Crippen LogP contribution in [0.2, 0.25) is 0 Å². The topological polar surface area (TPSA) is 73.1 Å². The zero-order valence-electron chi connectivity index (χ0n) is 8.03. The SMILES string of the molecule is Cl.Cl.NS(=O)(=O)c1cccc2ncccc12. The van der Waals surface area contributed by atoms with Crippen molar-refractivity contribution in [3.8, 4) is 0 Å². The monoisotopic (exact) mass is 280 g/mol. The first-order chi connectivity index (χ1) is 6.59. The van der Waals surface area contributed by atoms with E-state index in [1.807, 2.05) is 0 Å². The van der Waals surface area contributed by atoms with Gasteiger partial charge in [-0.3, -0.25) is 4.98 Å². The zero-order valence-corrected chi connectivity index (χ0v) is 10.5. The average molecular weight is 281 g/mol. The number of fused-ring (bicyclic) bond motifs is 1. The molecule has 2 N–H and O–H groups in total. The van der Waals surface area contributed by atoms with Gasteiger partial charge in [0.05, 0.1) is 10.4 Å². The van der Waals surface area contributed by atoms with Crippen LogP contribution < -0.4 is 5.14 Å². The van der Waals surface area contributed by atoms with Crippen LogP contribution in [0, 0.1) is 0 Å². The minimum Gasteiger partial charge on any atom is -0.256 e. The molecule has 0 amide bonds. The highest BCUT2D eigenvalue weighted by atomic mass is 35.5. The lowest BCUT2D eigenvalue weighted by Crippen LogP contribution is -2.12. The van der Waals surface area contributed by atoms with Crippen molar-refractivity contribution in [2.24, 2.45) is 5.14 Å². The van der Waals surface area contributed by atoms with E-state index in [-0.39, 0.29) is 29.7 Å². The predicted molar refractivity (Wildman–Crippen MR) is 67.6 cm³/mol. The number of pyridine rings is 1. The number of halogens is 2. The largest absolute Gasteiger partial charge is 0.256 e. The molecular formula is C9H10Cl2N2O2S. The maximum atomic E-state index is 11.2. The molecule has 0 aliphatic carbocycles. The Labute approximate surface area is 106 Å². The van der Waals surface area contributed by atoms with Gasteiger partial charge in [-0.1, -0.05) is 6.07 Å². The predicted octanol–water partition coefficient (Wildman–Crippen LogP) is 1.73. The Morgan fingerprint density at radius 1 is 1.06 bits per heavy atom. The molecule has 88 valence electrons. The molecule has 1 aromatic carbocycles. The maximum absolute atomic E-state index is 11.2. The first-order valence-corrected chi connectivity index (χ1v) is 5.50. The second kappa shape index (κ2) is 5.45. The van der Waals surface area contributed by atoms with E-state index in [9.17, 15) is 8.42 Å². The van der Waals surface area contributed by atoms with Crippen LogP contribution in [0.3, 0.4) is 0 Å². The highest BCUT2D eigenvalue weighted by Crippen LogP contribution is 2.19. The van der Waals surface area contributed by atoms with E-state index in [4.69, 9.17) is 5.14 Å². The lowest BCUT2D eigenvalue weighted by molar-refractivity contribution is 0.598. The third-order valence-electron chi connectivity index (χ3n) is 1.91. The van der Waals surface area contributed by atoms with Gasteiger partial charge in [0.15, 0.2) is 0 Å². The summed E-state index contributed by atoms with van der Waals surface area (Å²) < 4.78 is 22.4. The molecule has 0 atom stereocenters. The third-order valence-corrected chi connectivity index (χ3v) is 2.88. The van der Waals surface area contributed by atoms with Crippen LogP contribution in [0.25, 0.3) is 10.9 Å². The molecule has 2 rings (SSSR count). The summed E-state index contributed by atoms with van der Waals surface area (Å²) in [5.74, 6) is 0. The van der Waals surface area contributed by atoms with Crippen LogP contribution >= 0.6 is 24.8 Å². The number of primary sulfonamides is 1. The van der Waals surface area contributed by atoms with Crippen molar-refractivity contribution in [1.29, 1.82) is 0 Å². The van der Waals surface area contributed by atoms with E-state index in [0.717, 1.165) is 0 Å². The minimum absolute atomic E-state index is 0. The minimum atomic E-state index is -3.67. The van der Waals surface area contributed by atoms with Gasteiger partial charge in [-0.25, -0.2) is 13.6 Å². The Bertz CT molecular complexity index is 582. The number of nitrogens with zero attached hydrogens (tertiary/aromatic N) is 1. The maximum Gasteiger partial charge on any atom is 0.238 e. The van der Waals surface area contributed by atoms with E-state index in [2.05, 4.69) is 4.98 Å². The summed E-state index contributed by atoms with van der Waals surface area (Å²) in [6.45, 7) is 0. The second-order valence-electron chi connectivity index (χ2n) is 2.87. The smallest absolute Gasteiger partial charge is 0.238 e. The van der Waals surface area contributed by atoms with Crippen molar-refractivity contribution >= 4 is 45.7 Å². The van der Waals surface area contributed by atoms with Gasteiger partial charge in [0, 0.05) is 11.6 Å². The standard InChI is InChI=1S/C9H8N2O2S.2ClH/c10-14(12,13)9-5-1-4-8-7(9)3-2-6-11-8;;/h1-6H,(H2,10,12,13);2*1H. The summed E-state index contributed by atoms with van der Waals surface area (Å²) in [6, 6.07) is 8.19. The molecule has 7 heteroatoms. The number of aromatic nitrogens is 1. The van der Waals surface area contributed by atoms with Crippen LogP contribution in [0.4, 0.5) is 0 Å². The molecule has 4 nitrogen and oxygen atoms in total. The first kappa shape index (κ1) is 15.1. The van der Waals surface area contributed by atoms with Gasteiger partial charge in [-0.15, -0.1) is 24.8 Å². The van der Waals surface area contributed by atoms with Gasteiger partial charge in [0.1, 0.15) is 0 Å². The number of nitrogens with two attached hydrogens (primary N) is 1. The van der Waals surface area contributed by atoms with Gasteiger partial charge in [0.2, 0.25) is 10.0 Å². The molecule has 0 fully saturated rings. The van der Waals surface area contributed by atoms with Crippen molar-refractivity contribution in [2.45, 2.75) is 4.90 Å². The van der Waals surface area contributed by atoms with Gasteiger partial charge < -0.3 is 0 Å². The second-order valence-corrected chi connectivity index (χ2v) is 4.40. The molecule has 0 saturated carbocycles. The molecular weight excluding hydrogens is 271 g/mol. The first-order valence-electron chi connectivity index (χ1n) is 3.95. The van der Waals surface area contributed by atoms with Gasteiger partial charge >= 0.3 is 0 Å². The van der Waals surface area contributed by atoms with Crippen LogP contribution in [0.1, 0.15) is 0 Å². The highest BCUT2D eigenvalue weighted by molar-refractivity contribution is 7.89. The average Bonchev–Trinajstić information content (AvgIpc) is 2.15. The van der Waals surface area contributed by atoms with Gasteiger partial charge in [-0.05, 0) is 24.3 Å². The summed E-state index contributed by atoms with van der Waals surface area (Å²) in [5.41, 5.74) is 0.624. The molecule has 0 radical (unpaired) electrons. The van der Waals surface area contributed by atoms with E-state index in [1.54, 1.807) is 30.5 Å². The van der Waals surface area contributed by atoms with Crippen molar-refractivity contribution < 1.29 is 8.42 Å². The Hall–Kier alpha value is -0.880. The highest BCUT2D eigenvalue weighted by Gasteiger charge is 2.11. The van der Waals surface area contributed by atoms with Crippen molar-refractivity contribution in [3.05, 3.63) is 36.5 Å². The van der Waals surface area contributed by atoms with Crippen LogP contribution in [-0.4, -0.2) is 13.4 Å². The van der Waals surface area contributed by atoms with Crippen molar-refractivity contribution in [2.75, 3.05) is 0 Å². The van der Waals surface area contributed by atoms with Crippen molar-refractivity contribution in [1.82, 2.24) is 4.98 Å². The Morgan fingerprint density at radius 2 is 1.75 bits per heavy atom. The molecule has 16 heavy (non-hydrogen) atoms. The summed E-state index contributed by atoms with van der Waals surface area (Å²) in [7, 11) is -3.67. The summed E-state index contributed by atoms with van der Waals surface area (Å²) >= 11 is 0. The fraction of sp³-hybridized carbons (Fsp3) is 0.